The monoisotopic (exact) mass is 367 g/mol. The van der Waals surface area contributed by atoms with Crippen LogP contribution in [0.1, 0.15) is 32.1 Å². The number of nitrogens with zero attached hydrogens (tertiary/aromatic N) is 1. The molecule has 1 saturated carbocycles. The zero-order valence-electron chi connectivity index (χ0n) is 13.9. The predicted molar refractivity (Wildman–Crippen MR) is 93.6 cm³/mol. The zero-order chi connectivity index (χ0) is 15.6. The Morgan fingerprint density at radius 3 is 2.52 bits per heavy atom. The molecule has 0 amide bonds. The van der Waals surface area contributed by atoms with Crippen LogP contribution in [0.25, 0.3) is 0 Å². The number of sulfonamides is 1. The Labute approximate surface area is 146 Å². The van der Waals surface area contributed by atoms with Crippen LogP contribution in [-0.2, 0) is 14.8 Å². The minimum atomic E-state index is -3.03. The number of ether oxygens (including phenoxy) is 1. The van der Waals surface area contributed by atoms with Crippen LogP contribution in [-0.4, -0.2) is 70.0 Å². The molecule has 3 atom stereocenters. The molecule has 0 aromatic heterocycles. The molecular formula is C15H30ClN3O3S. The summed E-state index contributed by atoms with van der Waals surface area (Å²) in [7, 11) is -3.03. The van der Waals surface area contributed by atoms with Gasteiger partial charge in [0.15, 0.2) is 0 Å². The first-order valence-electron chi connectivity index (χ1n) is 8.56. The normalized spacial score (nSPS) is 34.2. The molecule has 0 aromatic rings. The van der Waals surface area contributed by atoms with Gasteiger partial charge in [-0.1, -0.05) is 6.42 Å². The Balaban J connectivity index is 0.00000192. The van der Waals surface area contributed by atoms with Gasteiger partial charge in [0.05, 0.1) is 19.5 Å². The summed E-state index contributed by atoms with van der Waals surface area (Å²) in [6.45, 7) is 3.92. The van der Waals surface area contributed by atoms with E-state index in [2.05, 4.69) is 10.6 Å². The van der Waals surface area contributed by atoms with Gasteiger partial charge in [-0.2, -0.15) is 0 Å². The second kappa shape index (κ2) is 8.45. The van der Waals surface area contributed by atoms with Crippen molar-refractivity contribution < 1.29 is 13.2 Å². The summed E-state index contributed by atoms with van der Waals surface area (Å²) < 4.78 is 30.4. The fraction of sp³-hybridized carbons (Fsp3) is 1.00. The summed E-state index contributed by atoms with van der Waals surface area (Å²) in [5, 5.41) is 7.42. The topological polar surface area (TPSA) is 70.7 Å². The van der Waals surface area contributed by atoms with Crippen molar-refractivity contribution in [3.63, 3.8) is 0 Å². The van der Waals surface area contributed by atoms with E-state index in [0.717, 1.165) is 32.6 Å². The smallest absolute Gasteiger partial charge is 0.211 e. The number of nitrogens with one attached hydrogen (secondary N) is 2. The van der Waals surface area contributed by atoms with Gasteiger partial charge in [-0.05, 0) is 31.6 Å². The Hall–Kier alpha value is 0.0800. The van der Waals surface area contributed by atoms with E-state index in [1.165, 1.54) is 25.5 Å². The van der Waals surface area contributed by atoms with Crippen LogP contribution in [0, 0.1) is 5.92 Å². The summed E-state index contributed by atoms with van der Waals surface area (Å²) in [5.41, 5.74) is 0. The van der Waals surface area contributed by atoms with Crippen molar-refractivity contribution in [3.8, 4) is 0 Å². The molecule has 3 fully saturated rings. The highest BCUT2D eigenvalue weighted by molar-refractivity contribution is 7.88. The minimum absolute atomic E-state index is 0. The maximum absolute atomic E-state index is 11.6. The van der Waals surface area contributed by atoms with E-state index in [9.17, 15) is 8.42 Å². The number of halogens is 1. The molecular weight excluding hydrogens is 338 g/mol. The van der Waals surface area contributed by atoms with Gasteiger partial charge in [-0.3, -0.25) is 0 Å². The highest BCUT2D eigenvalue weighted by Gasteiger charge is 2.36. The van der Waals surface area contributed by atoms with E-state index in [1.54, 1.807) is 4.31 Å². The third kappa shape index (κ3) is 5.03. The van der Waals surface area contributed by atoms with Gasteiger partial charge in [0, 0.05) is 37.8 Å². The molecule has 3 unspecified atom stereocenters. The maximum Gasteiger partial charge on any atom is 0.211 e. The van der Waals surface area contributed by atoms with Gasteiger partial charge in [0.25, 0.3) is 0 Å². The van der Waals surface area contributed by atoms with Crippen LogP contribution < -0.4 is 10.6 Å². The molecule has 3 rings (SSSR count). The van der Waals surface area contributed by atoms with Crippen LogP contribution in [0.3, 0.4) is 0 Å². The van der Waals surface area contributed by atoms with Crippen molar-refractivity contribution in [2.75, 3.05) is 39.1 Å². The van der Waals surface area contributed by atoms with Crippen molar-refractivity contribution in [1.29, 1.82) is 0 Å². The number of hydrogen-bond acceptors (Lipinski definition) is 5. The Bertz CT molecular complexity index is 463. The lowest BCUT2D eigenvalue weighted by molar-refractivity contribution is 0.0510. The van der Waals surface area contributed by atoms with Crippen molar-refractivity contribution in [2.45, 2.75) is 50.2 Å². The molecule has 6 nitrogen and oxygen atoms in total. The average molecular weight is 368 g/mol. The van der Waals surface area contributed by atoms with Gasteiger partial charge >= 0.3 is 0 Å². The van der Waals surface area contributed by atoms with Crippen molar-refractivity contribution >= 4 is 22.4 Å². The lowest BCUT2D eigenvalue weighted by Crippen LogP contribution is -2.54. The molecule has 1 aliphatic carbocycles. The molecule has 0 radical (unpaired) electrons. The van der Waals surface area contributed by atoms with Gasteiger partial charge in [-0.25, -0.2) is 12.7 Å². The predicted octanol–water partition coefficient (Wildman–Crippen LogP) is 0.579. The van der Waals surface area contributed by atoms with Crippen molar-refractivity contribution in [2.24, 2.45) is 5.92 Å². The van der Waals surface area contributed by atoms with Crippen LogP contribution in [0.4, 0.5) is 0 Å². The molecule has 8 heteroatoms. The van der Waals surface area contributed by atoms with E-state index < -0.39 is 10.0 Å². The second-order valence-electron chi connectivity index (χ2n) is 6.94. The highest BCUT2D eigenvalue weighted by Crippen LogP contribution is 2.30. The van der Waals surface area contributed by atoms with Crippen LogP contribution >= 0.6 is 12.4 Å². The Morgan fingerprint density at radius 1 is 1.17 bits per heavy atom. The first-order valence-corrected chi connectivity index (χ1v) is 10.4. The third-order valence-corrected chi connectivity index (χ3v) is 6.71. The first kappa shape index (κ1) is 19.4. The van der Waals surface area contributed by atoms with E-state index in [0.29, 0.717) is 37.1 Å². The van der Waals surface area contributed by atoms with Crippen LogP contribution in [0.15, 0.2) is 0 Å². The quantitative estimate of drug-likeness (QED) is 0.760. The number of rotatable bonds is 4. The Morgan fingerprint density at radius 2 is 1.91 bits per heavy atom. The van der Waals surface area contributed by atoms with E-state index in [-0.39, 0.29) is 12.4 Å². The SMILES string of the molecule is CS(=O)(=O)N1CCC(NC2CCCC2C2COCCN2)CC1.Cl. The summed E-state index contributed by atoms with van der Waals surface area (Å²) >= 11 is 0. The fourth-order valence-electron chi connectivity index (χ4n) is 4.19. The van der Waals surface area contributed by atoms with Gasteiger partial charge in [0.2, 0.25) is 10.0 Å². The Kier molecular flexibility index (Phi) is 7.13. The molecule has 0 aromatic carbocycles. The molecule has 2 N–H and O–H groups in total. The lowest BCUT2D eigenvalue weighted by atomic mass is 9.92. The highest BCUT2D eigenvalue weighted by atomic mass is 35.5. The fourth-order valence-corrected chi connectivity index (χ4v) is 5.07. The molecule has 2 heterocycles. The van der Waals surface area contributed by atoms with E-state index in [1.807, 2.05) is 0 Å². The summed E-state index contributed by atoms with van der Waals surface area (Å²) in [4.78, 5) is 0. The van der Waals surface area contributed by atoms with E-state index in [4.69, 9.17) is 4.74 Å². The number of piperidine rings is 1. The van der Waals surface area contributed by atoms with Gasteiger partial charge in [0.1, 0.15) is 0 Å². The lowest BCUT2D eigenvalue weighted by Gasteiger charge is -2.37. The van der Waals surface area contributed by atoms with E-state index >= 15 is 0 Å². The molecule has 2 aliphatic heterocycles. The summed E-state index contributed by atoms with van der Waals surface area (Å²) in [5.74, 6) is 0.647. The molecule has 23 heavy (non-hydrogen) atoms. The largest absolute Gasteiger partial charge is 0.379 e. The first-order chi connectivity index (χ1) is 10.5. The summed E-state index contributed by atoms with van der Waals surface area (Å²) in [6, 6.07) is 1.48. The van der Waals surface area contributed by atoms with Crippen LogP contribution in [0.2, 0.25) is 0 Å². The molecule has 136 valence electrons. The second-order valence-corrected chi connectivity index (χ2v) is 8.92. The molecule has 0 bridgehead atoms. The molecule has 3 aliphatic rings. The maximum atomic E-state index is 11.6. The number of hydrogen-bond donors (Lipinski definition) is 2. The summed E-state index contributed by atoms with van der Waals surface area (Å²) in [6.07, 6.45) is 6.93. The number of morpholine rings is 1. The van der Waals surface area contributed by atoms with Crippen molar-refractivity contribution in [3.05, 3.63) is 0 Å². The van der Waals surface area contributed by atoms with Crippen LogP contribution in [0.5, 0.6) is 0 Å². The minimum Gasteiger partial charge on any atom is -0.379 e. The zero-order valence-corrected chi connectivity index (χ0v) is 15.5. The molecule has 0 spiro atoms. The average Bonchev–Trinajstić information content (AvgIpc) is 2.96. The van der Waals surface area contributed by atoms with Gasteiger partial charge in [-0.15, -0.1) is 12.4 Å². The van der Waals surface area contributed by atoms with Gasteiger partial charge < -0.3 is 15.4 Å². The standard InChI is InChI=1S/C15H29N3O3S.ClH/c1-22(19,20)18-8-5-12(6-9-18)17-14-4-2-3-13(14)15-11-21-10-7-16-15;/h12-17H,2-11H2,1H3;1H. The third-order valence-electron chi connectivity index (χ3n) is 5.41. The van der Waals surface area contributed by atoms with Crippen molar-refractivity contribution in [1.82, 2.24) is 14.9 Å². The molecule has 2 saturated heterocycles.